The molecule has 1 unspecified atom stereocenters. The van der Waals surface area contributed by atoms with Crippen molar-refractivity contribution in [3.05, 3.63) is 49.4 Å². The zero-order valence-electron chi connectivity index (χ0n) is 20.0. The predicted molar refractivity (Wildman–Crippen MR) is 133 cm³/mol. The van der Waals surface area contributed by atoms with Gasteiger partial charge in [-0.25, -0.2) is 0 Å². The van der Waals surface area contributed by atoms with Gasteiger partial charge in [-0.3, -0.25) is 14.2 Å². The van der Waals surface area contributed by atoms with Gasteiger partial charge in [0.25, 0.3) is 5.56 Å². The van der Waals surface area contributed by atoms with Gasteiger partial charge in [-0.1, -0.05) is 32.9 Å². The molecule has 0 amide bonds. The molecule has 2 aliphatic heterocycles. The van der Waals surface area contributed by atoms with Gasteiger partial charge in [0, 0.05) is 30.8 Å². The second-order valence-corrected chi connectivity index (χ2v) is 10.8. The zero-order chi connectivity index (χ0) is 24.3. The molecule has 7 nitrogen and oxygen atoms in total. The van der Waals surface area contributed by atoms with E-state index in [1.54, 1.807) is 25.3 Å². The van der Waals surface area contributed by atoms with E-state index < -0.39 is 5.41 Å². The summed E-state index contributed by atoms with van der Waals surface area (Å²) in [4.78, 5) is 28.7. The second-order valence-electron chi connectivity index (χ2n) is 9.72. The van der Waals surface area contributed by atoms with Crippen LogP contribution < -0.4 is 19.7 Å². The van der Waals surface area contributed by atoms with Gasteiger partial charge in [-0.05, 0) is 36.6 Å². The van der Waals surface area contributed by atoms with Gasteiger partial charge in [0.2, 0.25) is 0 Å². The highest BCUT2D eigenvalue weighted by atomic mass is 32.1. The molecular formula is C26H31N3O4S. The minimum atomic E-state index is -0.723. The lowest BCUT2D eigenvalue weighted by Crippen LogP contribution is -2.37. The van der Waals surface area contributed by atoms with Crippen molar-refractivity contribution < 1.29 is 14.3 Å². The van der Waals surface area contributed by atoms with Gasteiger partial charge in [0.05, 0.1) is 30.4 Å². The molecule has 0 radical (unpaired) electrons. The number of morpholine rings is 1. The lowest BCUT2D eigenvalue weighted by Gasteiger charge is -2.28. The van der Waals surface area contributed by atoms with Crippen molar-refractivity contribution >= 4 is 34.5 Å². The van der Waals surface area contributed by atoms with Crippen LogP contribution in [0.1, 0.15) is 39.2 Å². The summed E-state index contributed by atoms with van der Waals surface area (Å²) < 4.78 is 13.7. The van der Waals surface area contributed by atoms with E-state index in [1.165, 1.54) is 11.3 Å². The normalized spacial score (nSPS) is 20.4. The molecule has 0 saturated carbocycles. The topological polar surface area (TPSA) is 84.6 Å². The number of ether oxygens (including phenoxy) is 2. The number of nitrogens with zero attached hydrogens (tertiary/aromatic N) is 3. The number of anilines is 1. The van der Waals surface area contributed by atoms with Crippen molar-refractivity contribution in [2.24, 2.45) is 5.41 Å². The molecule has 1 aromatic heterocycles. The fourth-order valence-electron chi connectivity index (χ4n) is 4.19. The lowest BCUT2D eigenvalue weighted by atomic mass is 9.87. The van der Waals surface area contributed by atoms with Gasteiger partial charge < -0.3 is 14.4 Å². The van der Waals surface area contributed by atoms with E-state index >= 15 is 0 Å². The number of carbonyl (C=O) groups excluding carboxylic acids is 1. The maximum absolute atomic E-state index is 13.4. The Labute approximate surface area is 203 Å². The standard InChI is InChI=1S/C26H31N3O4S/c1-26(2,3)23(30)21(16-27)25-29(17-20-5-4-12-33-20)24(31)22(34-25)15-18-6-8-19(9-7-18)28-10-13-32-14-11-28/h6-9,15,20H,4-5,10-14,17H2,1-3H3/b22-15-,25-21-. The number of aromatic nitrogens is 1. The molecule has 2 fully saturated rings. The Balaban J connectivity index is 1.78. The van der Waals surface area contributed by atoms with Crippen LogP contribution in [0.25, 0.3) is 11.6 Å². The van der Waals surface area contributed by atoms with Crippen LogP contribution in [0.4, 0.5) is 5.69 Å². The minimum absolute atomic E-state index is 0.0370. The Morgan fingerprint density at radius 3 is 2.50 bits per heavy atom. The molecule has 4 rings (SSSR count). The number of rotatable bonds is 5. The summed E-state index contributed by atoms with van der Waals surface area (Å²) in [5.74, 6) is -0.265. The monoisotopic (exact) mass is 481 g/mol. The van der Waals surface area contributed by atoms with Gasteiger partial charge in [-0.2, -0.15) is 5.26 Å². The number of thiazole rings is 1. The van der Waals surface area contributed by atoms with E-state index in [2.05, 4.69) is 11.0 Å². The van der Waals surface area contributed by atoms with E-state index in [4.69, 9.17) is 9.47 Å². The van der Waals surface area contributed by atoms with Gasteiger partial charge in [-0.15, -0.1) is 11.3 Å². The number of benzene rings is 1. The van der Waals surface area contributed by atoms with Crippen LogP contribution in [0.15, 0.2) is 29.1 Å². The lowest BCUT2D eigenvalue weighted by molar-refractivity contribution is -0.120. The van der Waals surface area contributed by atoms with E-state index in [9.17, 15) is 14.9 Å². The smallest absolute Gasteiger partial charge is 0.269 e. The molecule has 3 heterocycles. The molecule has 0 spiro atoms. The highest BCUT2D eigenvalue weighted by Gasteiger charge is 2.28. The first-order valence-corrected chi connectivity index (χ1v) is 12.5. The predicted octanol–water partition coefficient (Wildman–Crippen LogP) is 2.04. The van der Waals surface area contributed by atoms with Crippen LogP contribution in [0.5, 0.6) is 0 Å². The molecule has 8 heteroatoms. The molecule has 180 valence electrons. The van der Waals surface area contributed by atoms with Crippen molar-refractivity contribution in [1.29, 1.82) is 5.26 Å². The molecule has 0 bridgehead atoms. The van der Waals surface area contributed by atoms with Crippen LogP contribution in [0, 0.1) is 16.7 Å². The maximum Gasteiger partial charge on any atom is 0.269 e. The van der Waals surface area contributed by atoms with Gasteiger partial charge in [0.15, 0.2) is 5.78 Å². The largest absolute Gasteiger partial charge is 0.378 e. The summed E-state index contributed by atoms with van der Waals surface area (Å²) in [6.45, 7) is 9.53. The zero-order valence-corrected chi connectivity index (χ0v) is 20.8. The summed E-state index contributed by atoms with van der Waals surface area (Å²) >= 11 is 1.21. The van der Waals surface area contributed by atoms with Crippen LogP contribution in [0.3, 0.4) is 0 Å². The molecule has 0 aliphatic carbocycles. The summed E-state index contributed by atoms with van der Waals surface area (Å²) in [6, 6.07) is 10.2. The fourth-order valence-corrected chi connectivity index (χ4v) is 5.30. The molecule has 2 saturated heterocycles. The first-order valence-electron chi connectivity index (χ1n) is 11.7. The van der Waals surface area contributed by atoms with E-state index in [1.807, 2.05) is 30.3 Å². The van der Waals surface area contributed by atoms with Crippen molar-refractivity contribution in [2.45, 2.75) is 46.3 Å². The van der Waals surface area contributed by atoms with Crippen molar-refractivity contribution in [2.75, 3.05) is 37.8 Å². The Morgan fingerprint density at radius 1 is 1.21 bits per heavy atom. The van der Waals surface area contributed by atoms with Crippen molar-refractivity contribution in [3.8, 4) is 6.07 Å². The third-order valence-electron chi connectivity index (χ3n) is 6.12. The van der Waals surface area contributed by atoms with Gasteiger partial charge in [0.1, 0.15) is 16.3 Å². The maximum atomic E-state index is 13.4. The molecule has 2 aliphatic rings. The Morgan fingerprint density at radius 2 is 1.91 bits per heavy atom. The van der Waals surface area contributed by atoms with E-state index in [-0.39, 0.29) is 23.0 Å². The SMILES string of the molecule is CC(C)(C)C(=O)/C(C#N)=c1\s/c(=C\c2ccc(N3CCOCC3)cc2)c(=O)n1CC1CCCO1. The average Bonchev–Trinajstić information content (AvgIpc) is 3.44. The molecular weight excluding hydrogens is 450 g/mol. The Bertz CT molecular complexity index is 1250. The van der Waals surface area contributed by atoms with Crippen LogP contribution in [-0.4, -0.2) is 49.4 Å². The number of Topliss-reactive ketones (excluding diaryl/α,β-unsaturated/α-hetero) is 1. The number of ketones is 1. The van der Waals surface area contributed by atoms with Crippen LogP contribution >= 0.6 is 11.3 Å². The number of hydrogen-bond acceptors (Lipinski definition) is 7. The summed E-state index contributed by atoms with van der Waals surface area (Å²) in [5, 5.41) is 9.87. The Hall–Kier alpha value is -2.73. The quantitative estimate of drug-likeness (QED) is 0.650. The highest BCUT2D eigenvalue weighted by Crippen LogP contribution is 2.20. The average molecular weight is 482 g/mol. The second kappa shape index (κ2) is 10.3. The third kappa shape index (κ3) is 5.33. The van der Waals surface area contributed by atoms with E-state index in [0.29, 0.717) is 22.3 Å². The summed E-state index contributed by atoms with van der Waals surface area (Å²) in [5.41, 5.74) is 1.14. The Kier molecular flexibility index (Phi) is 7.36. The molecule has 2 aromatic rings. The van der Waals surface area contributed by atoms with Crippen LogP contribution in [-0.2, 0) is 20.8 Å². The van der Waals surface area contributed by atoms with Crippen molar-refractivity contribution in [3.63, 3.8) is 0 Å². The number of carbonyl (C=O) groups is 1. The molecule has 34 heavy (non-hydrogen) atoms. The van der Waals surface area contributed by atoms with Crippen LogP contribution in [0.2, 0.25) is 0 Å². The number of hydrogen-bond donors (Lipinski definition) is 0. The fraction of sp³-hybridized carbons (Fsp3) is 0.500. The molecule has 1 aromatic carbocycles. The summed E-state index contributed by atoms with van der Waals surface area (Å²) in [6.07, 6.45) is 3.56. The van der Waals surface area contributed by atoms with Crippen molar-refractivity contribution in [1.82, 2.24) is 4.57 Å². The molecule has 1 atom stereocenters. The minimum Gasteiger partial charge on any atom is -0.378 e. The van der Waals surface area contributed by atoms with E-state index in [0.717, 1.165) is 50.4 Å². The van der Waals surface area contributed by atoms with Gasteiger partial charge >= 0.3 is 0 Å². The summed E-state index contributed by atoms with van der Waals surface area (Å²) in [7, 11) is 0. The first kappa shape index (κ1) is 24.4. The highest BCUT2D eigenvalue weighted by molar-refractivity contribution is 7.07. The first-order chi connectivity index (χ1) is 16.3. The number of nitriles is 1. The molecule has 0 N–H and O–H groups in total. The third-order valence-corrected chi connectivity index (χ3v) is 7.25.